The summed E-state index contributed by atoms with van der Waals surface area (Å²) < 4.78 is 5.71. The third-order valence-corrected chi connectivity index (χ3v) is 4.58. The molecule has 0 atom stereocenters. The molecular weight excluding hydrogens is 392 g/mol. The Bertz CT molecular complexity index is 991. The van der Waals surface area contributed by atoms with Crippen LogP contribution in [0.15, 0.2) is 72.8 Å². The van der Waals surface area contributed by atoms with Crippen LogP contribution in [-0.2, 0) is 24.5 Å². The molecule has 0 bridgehead atoms. The first-order valence-corrected chi connectivity index (χ1v) is 9.32. The second kappa shape index (κ2) is 9.82. The van der Waals surface area contributed by atoms with Gasteiger partial charge in [0.2, 0.25) is 0 Å². The maximum atomic E-state index is 12.3. The van der Waals surface area contributed by atoms with Gasteiger partial charge in [-0.1, -0.05) is 66.2 Å². The lowest BCUT2D eigenvalue weighted by Crippen LogP contribution is -2.23. The van der Waals surface area contributed by atoms with Crippen molar-refractivity contribution >= 4 is 23.2 Å². The van der Waals surface area contributed by atoms with Gasteiger partial charge in [-0.3, -0.25) is 14.9 Å². The van der Waals surface area contributed by atoms with E-state index in [9.17, 15) is 14.9 Å². The first-order chi connectivity index (χ1) is 14.0. The molecule has 6 nitrogen and oxygen atoms in total. The predicted molar refractivity (Wildman–Crippen MR) is 111 cm³/mol. The maximum absolute atomic E-state index is 12.3. The molecule has 0 aromatic heterocycles. The van der Waals surface area contributed by atoms with Crippen LogP contribution >= 0.6 is 11.6 Å². The molecule has 0 aliphatic carbocycles. The van der Waals surface area contributed by atoms with Crippen LogP contribution in [0.3, 0.4) is 0 Å². The highest BCUT2D eigenvalue weighted by Gasteiger charge is 2.14. The molecule has 3 aromatic rings. The molecule has 0 saturated heterocycles. The minimum absolute atomic E-state index is 0.0441. The first-order valence-electron chi connectivity index (χ1n) is 8.94. The molecule has 0 aliphatic heterocycles. The molecule has 0 fully saturated rings. The highest BCUT2D eigenvalue weighted by molar-refractivity contribution is 6.34. The van der Waals surface area contributed by atoms with Crippen LogP contribution in [0.1, 0.15) is 27.0 Å². The van der Waals surface area contributed by atoms with Crippen LogP contribution in [0, 0.1) is 10.1 Å². The third kappa shape index (κ3) is 5.88. The number of nitro groups is 1. The molecule has 148 valence electrons. The van der Waals surface area contributed by atoms with Crippen molar-refractivity contribution in [3.63, 3.8) is 0 Å². The number of nitrogens with one attached hydrogen (secondary N) is 1. The Morgan fingerprint density at radius 3 is 2.17 bits per heavy atom. The van der Waals surface area contributed by atoms with Crippen LogP contribution < -0.4 is 5.32 Å². The van der Waals surface area contributed by atoms with Gasteiger partial charge in [-0.15, -0.1) is 0 Å². The van der Waals surface area contributed by atoms with Crippen LogP contribution in [0.5, 0.6) is 0 Å². The second-order valence-corrected chi connectivity index (χ2v) is 6.81. The largest absolute Gasteiger partial charge is 0.372 e. The van der Waals surface area contributed by atoms with Crippen LogP contribution in [0.4, 0.5) is 5.69 Å². The molecule has 29 heavy (non-hydrogen) atoms. The SMILES string of the molecule is O=C(NCc1ccc(COCc2ccccc2)cc1)c1ccc([N+](=O)[O-])cc1Cl. The molecule has 1 N–H and O–H groups in total. The van der Waals surface area contributed by atoms with Gasteiger partial charge in [-0.2, -0.15) is 0 Å². The Morgan fingerprint density at radius 1 is 0.931 bits per heavy atom. The number of carbonyl (C=O) groups is 1. The van der Waals surface area contributed by atoms with Crippen molar-refractivity contribution in [2.75, 3.05) is 0 Å². The smallest absolute Gasteiger partial charge is 0.270 e. The minimum atomic E-state index is -0.557. The molecule has 0 spiro atoms. The number of nitrogens with zero attached hydrogens (tertiary/aromatic N) is 1. The minimum Gasteiger partial charge on any atom is -0.372 e. The lowest BCUT2D eigenvalue weighted by Gasteiger charge is -2.08. The summed E-state index contributed by atoms with van der Waals surface area (Å²) in [4.78, 5) is 22.5. The highest BCUT2D eigenvalue weighted by Crippen LogP contribution is 2.22. The molecule has 3 aromatic carbocycles. The Kier molecular flexibility index (Phi) is 6.94. The predicted octanol–water partition coefficient (Wildman–Crippen LogP) is 4.90. The number of rotatable bonds is 8. The lowest BCUT2D eigenvalue weighted by atomic mass is 10.1. The molecule has 7 heteroatoms. The Balaban J connectivity index is 1.49. The molecule has 0 heterocycles. The van der Waals surface area contributed by atoms with Crippen molar-refractivity contribution in [3.05, 3.63) is 110 Å². The number of amides is 1. The number of halogens is 1. The highest BCUT2D eigenvalue weighted by atomic mass is 35.5. The molecule has 0 unspecified atom stereocenters. The van der Waals surface area contributed by atoms with E-state index in [2.05, 4.69) is 5.32 Å². The monoisotopic (exact) mass is 410 g/mol. The van der Waals surface area contributed by atoms with Gasteiger partial charge in [0.15, 0.2) is 0 Å². The number of non-ortho nitro benzene ring substituents is 1. The third-order valence-electron chi connectivity index (χ3n) is 4.26. The number of benzene rings is 3. The number of hydrogen-bond acceptors (Lipinski definition) is 4. The van der Waals surface area contributed by atoms with Gasteiger partial charge in [-0.25, -0.2) is 0 Å². The fourth-order valence-electron chi connectivity index (χ4n) is 2.69. The van der Waals surface area contributed by atoms with Crippen molar-refractivity contribution in [1.29, 1.82) is 0 Å². The first kappa shape index (κ1) is 20.5. The number of carbonyl (C=O) groups excluding carboxylic acids is 1. The molecule has 0 radical (unpaired) electrons. The van der Waals surface area contributed by atoms with Gasteiger partial charge in [-0.05, 0) is 22.8 Å². The Hall–Kier alpha value is -3.22. The van der Waals surface area contributed by atoms with E-state index in [1.54, 1.807) is 0 Å². The number of ether oxygens (including phenoxy) is 1. The van der Waals surface area contributed by atoms with E-state index in [4.69, 9.17) is 16.3 Å². The van der Waals surface area contributed by atoms with E-state index >= 15 is 0 Å². The van der Waals surface area contributed by atoms with Gasteiger partial charge in [0.25, 0.3) is 11.6 Å². The van der Waals surface area contributed by atoms with Gasteiger partial charge in [0.1, 0.15) is 0 Å². The Morgan fingerprint density at radius 2 is 1.55 bits per heavy atom. The van der Waals surface area contributed by atoms with Crippen LogP contribution in [0.25, 0.3) is 0 Å². The summed E-state index contributed by atoms with van der Waals surface area (Å²) in [5, 5.41) is 13.6. The average molecular weight is 411 g/mol. The fourth-order valence-corrected chi connectivity index (χ4v) is 2.95. The summed E-state index contributed by atoms with van der Waals surface area (Å²) in [6.45, 7) is 1.37. The van der Waals surface area contributed by atoms with E-state index in [1.807, 2.05) is 54.6 Å². The van der Waals surface area contributed by atoms with E-state index < -0.39 is 4.92 Å². The summed E-state index contributed by atoms with van der Waals surface area (Å²) in [5.74, 6) is -0.389. The van der Waals surface area contributed by atoms with E-state index in [0.29, 0.717) is 19.8 Å². The van der Waals surface area contributed by atoms with Crippen molar-refractivity contribution in [2.24, 2.45) is 0 Å². The van der Waals surface area contributed by atoms with Crippen molar-refractivity contribution < 1.29 is 14.5 Å². The normalized spacial score (nSPS) is 10.5. The average Bonchev–Trinajstić information content (AvgIpc) is 2.73. The van der Waals surface area contributed by atoms with Crippen molar-refractivity contribution in [3.8, 4) is 0 Å². The Labute approximate surface area is 173 Å². The van der Waals surface area contributed by atoms with Crippen LogP contribution in [-0.4, -0.2) is 10.8 Å². The zero-order valence-electron chi connectivity index (χ0n) is 15.5. The number of nitro benzene ring substituents is 1. The molecule has 0 aliphatic rings. The molecule has 1 amide bonds. The number of hydrogen-bond donors (Lipinski definition) is 1. The summed E-state index contributed by atoms with van der Waals surface area (Å²) in [7, 11) is 0. The van der Waals surface area contributed by atoms with Crippen molar-refractivity contribution in [2.45, 2.75) is 19.8 Å². The molecule has 3 rings (SSSR count). The van der Waals surface area contributed by atoms with Crippen molar-refractivity contribution in [1.82, 2.24) is 5.32 Å². The fraction of sp³-hybridized carbons (Fsp3) is 0.136. The summed E-state index contributed by atoms with van der Waals surface area (Å²) in [5.41, 5.74) is 3.12. The summed E-state index contributed by atoms with van der Waals surface area (Å²) >= 11 is 5.98. The second-order valence-electron chi connectivity index (χ2n) is 6.40. The van der Waals surface area contributed by atoms with Gasteiger partial charge in [0.05, 0.1) is 28.7 Å². The lowest BCUT2D eigenvalue weighted by molar-refractivity contribution is -0.384. The van der Waals surface area contributed by atoms with E-state index in [0.717, 1.165) is 16.7 Å². The van der Waals surface area contributed by atoms with E-state index in [-0.39, 0.29) is 22.2 Å². The van der Waals surface area contributed by atoms with Gasteiger partial charge >= 0.3 is 0 Å². The zero-order valence-corrected chi connectivity index (χ0v) is 16.3. The van der Waals surface area contributed by atoms with Gasteiger partial charge in [0, 0.05) is 18.7 Å². The molecular formula is C22H19ClN2O4. The summed E-state index contributed by atoms with van der Waals surface area (Å²) in [6.07, 6.45) is 0. The molecule has 0 saturated carbocycles. The van der Waals surface area contributed by atoms with Crippen LogP contribution in [0.2, 0.25) is 5.02 Å². The summed E-state index contributed by atoms with van der Waals surface area (Å²) in [6, 6.07) is 21.5. The standard InChI is InChI=1S/C22H19ClN2O4/c23-21-12-19(25(27)28)10-11-20(21)22(26)24-13-16-6-8-18(9-7-16)15-29-14-17-4-2-1-3-5-17/h1-12H,13-15H2,(H,24,26). The topological polar surface area (TPSA) is 81.5 Å². The van der Waals surface area contributed by atoms with Gasteiger partial charge < -0.3 is 10.1 Å². The van der Waals surface area contributed by atoms with E-state index in [1.165, 1.54) is 18.2 Å². The zero-order chi connectivity index (χ0) is 20.6. The maximum Gasteiger partial charge on any atom is 0.270 e. The quantitative estimate of drug-likeness (QED) is 0.423.